The van der Waals surface area contributed by atoms with Gasteiger partial charge < -0.3 is 0 Å². The summed E-state index contributed by atoms with van der Waals surface area (Å²) in [6.45, 7) is 3.82. The first-order valence-electron chi connectivity index (χ1n) is 7.62. The molecule has 0 aromatic heterocycles. The molecule has 0 radical (unpaired) electrons. The molecule has 1 unspecified atom stereocenters. The molecule has 9 nitrogen and oxygen atoms in total. The van der Waals surface area contributed by atoms with Gasteiger partial charge in [0.2, 0.25) is 0 Å². The Labute approximate surface area is 145 Å². The molecule has 12 heteroatoms. The molecule has 24 heavy (non-hydrogen) atoms. The van der Waals surface area contributed by atoms with E-state index in [4.69, 9.17) is 12.5 Å². The molecule has 146 valence electrons. The van der Waals surface area contributed by atoms with Crippen molar-refractivity contribution in [3.8, 4) is 0 Å². The van der Waals surface area contributed by atoms with Gasteiger partial charge in [-0.15, -0.1) is 0 Å². The molecule has 0 spiro atoms. The van der Waals surface area contributed by atoms with Crippen LogP contribution in [0.4, 0.5) is 0 Å². The van der Waals surface area contributed by atoms with Gasteiger partial charge in [-0.2, -0.15) is 25.3 Å². The van der Waals surface area contributed by atoms with Crippen molar-refractivity contribution in [2.45, 2.75) is 46.1 Å². The van der Waals surface area contributed by atoms with Crippen LogP contribution in [0.25, 0.3) is 0 Å². The van der Waals surface area contributed by atoms with Crippen LogP contribution in [0, 0.1) is 0 Å². The predicted octanol–water partition coefficient (Wildman–Crippen LogP) is 0.624. The van der Waals surface area contributed by atoms with Crippen molar-refractivity contribution in [1.82, 2.24) is 0 Å². The van der Waals surface area contributed by atoms with Crippen molar-refractivity contribution in [2.24, 2.45) is 0 Å². The zero-order valence-corrected chi connectivity index (χ0v) is 16.6. The van der Waals surface area contributed by atoms with Crippen LogP contribution in [-0.4, -0.2) is 61.8 Å². The van der Waals surface area contributed by atoms with Crippen LogP contribution in [0.15, 0.2) is 0 Å². The lowest BCUT2D eigenvalue weighted by Crippen LogP contribution is -2.27. The van der Waals surface area contributed by atoms with Crippen molar-refractivity contribution in [3.63, 3.8) is 0 Å². The van der Waals surface area contributed by atoms with E-state index in [2.05, 4.69) is 0 Å². The maximum atomic E-state index is 11.5. The Morgan fingerprint density at radius 3 is 1.71 bits per heavy atom. The summed E-state index contributed by atoms with van der Waals surface area (Å²) < 4.78 is 82.4. The molecule has 0 rings (SSSR count). The van der Waals surface area contributed by atoms with E-state index in [0.29, 0.717) is 12.8 Å². The summed E-state index contributed by atoms with van der Waals surface area (Å²) in [5, 5.41) is 0. The molecule has 0 saturated heterocycles. The Morgan fingerprint density at radius 1 is 0.708 bits per heavy atom. The third-order valence-corrected chi connectivity index (χ3v) is 6.67. The van der Waals surface area contributed by atoms with Gasteiger partial charge in [-0.3, -0.25) is 12.5 Å². The van der Waals surface area contributed by atoms with E-state index in [1.165, 1.54) is 20.8 Å². The molecule has 0 aliphatic carbocycles. The van der Waals surface area contributed by atoms with Gasteiger partial charge in [0, 0.05) is 0 Å². The minimum atomic E-state index is -3.76. The number of unbranched alkanes of at least 4 members (excludes halogenated alkanes) is 1. The smallest absolute Gasteiger partial charge is 0.267 e. The molecule has 0 aromatic rings. The number of hydrogen-bond acceptors (Lipinski definition) is 9. The first-order chi connectivity index (χ1) is 11.0. The first kappa shape index (κ1) is 23.7. The summed E-state index contributed by atoms with van der Waals surface area (Å²) >= 11 is 0. The fourth-order valence-electron chi connectivity index (χ4n) is 1.44. The summed E-state index contributed by atoms with van der Waals surface area (Å²) in [7, 11) is -11.0. The largest absolute Gasteiger partial charge is 0.270 e. The summed E-state index contributed by atoms with van der Waals surface area (Å²) in [6.07, 6.45) is -0.0302. The van der Waals surface area contributed by atoms with E-state index in [0.717, 1.165) is 0 Å². The molecule has 0 bridgehead atoms. The van der Waals surface area contributed by atoms with Crippen LogP contribution in [-0.2, 0) is 42.9 Å². The first-order valence-corrected chi connectivity index (χ1v) is 12.3. The normalized spacial score (nSPS) is 14.6. The number of rotatable bonds is 14. The van der Waals surface area contributed by atoms with E-state index >= 15 is 0 Å². The molecule has 0 aliphatic heterocycles. The van der Waals surface area contributed by atoms with E-state index in [1.54, 1.807) is 0 Å². The van der Waals surface area contributed by atoms with Crippen LogP contribution in [0.2, 0.25) is 0 Å². The second-order valence-electron chi connectivity index (χ2n) is 4.86. The van der Waals surface area contributed by atoms with Gasteiger partial charge in [0.05, 0.1) is 30.5 Å². The second kappa shape index (κ2) is 10.7. The van der Waals surface area contributed by atoms with Crippen LogP contribution in [0.1, 0.15) is 40.0 Å². The fourth-order valence-corrected chi connectivity index (χ4v) is 3.21. The van der Waals surface area contributed by atoms with E-state index in [9.17, 15) is 25.3 Å². The Kier molecular flexibility index (Phi) is 10.5. The molecule has 0 saturated carbocycles. The van der Waals surface area contributed by atoms with Gasteiger partial charge in [0.25, 0.3) is 30.4 Å². The Balaban J connectivity index is 4.50. The highest BCUT2D eigenvalue weighted by Gasteiger charge is 2.21. The minimum Gasteiger partial charge on any atom is -0.270 e. The van der Waals surface area contributed by atoms with E-state index in [1.807, 2.05) is 0 Å². The van der Waals surface area contributed by atoms with Gasteiger partial charge in [-0.25, -0.2) is 0 Å². The molecule has 0 aromatic carbocycles. The van der Waals surface area contributed by atoms with Crippen LogP contribution in [0.5, 0.6) is 0 Å². The van der Waals surface area contributed by atoms with Gasteiger partial charge in [-0.1, -0.05) is 0 Å². The van der Waals surface area contributed by atoms with Crippen molar-refractivity contribution in [3.05, 3.63) is 0 Å². The monoisotopic (exact) mass is 410 g/mol. The third-order valence-electron chi connectivity index (χ3n) is 2.96. The second-order valence-corrected chi connectivity index (χ2v) is 10.6. The van der Waals surface area contributed by atoms with Crippen LogP contribution >= 0.6 is 0 Å². The zero-order chi connectivity index (χ0) is 18.9. The summed E-state index contributed by atoms with van der Waals surface area (Å²) in [5.74, 6) is -0.610. The Bertz CT molecular complexity index is 650. The molecule has 1 atom stereocenters. The SMILES string of the molecule is CCS(=O)(=O)OCCCCC(COS(=O)(=O)CC)OS(=O)(=O)CC. The Morgan fingerprint density at radius 2 is 1.21 bits per heavy atom. The van der Waals surface area contributed by atoms with Crippen molar-refractivity contribution < 1.29 is 37.8 Å². The summed E-state index contributed by atoms with van der Waals surface area (Å²) in [6, 6.07) is 0. The quantitative estimate of drug-likeness (QED) is 0.299. The average Bonchev–Trinajstić information content (AvgIpc) is 2.52. The highest BCUT2D eigenvalue weighted by Crippen LogP contribution is 2.12. The third kappa shape index (κ3) is 11.3. The molecule has 0 heterocycles. The molecular weight excluding hydrogens is 384 g/mol. The fraction of sp³-hybridized carbons (Fsp3) is 1.00. The van der Waals surface area contributed by atoms with Crippen molar-refractivity contribution in [2.75, 3.05) is 30.5 Å². The van der Waals surface area contributed by atoms with E-state index in [-0.39, 0.29) is 30.3 Å². The van der Waals surface area contributed by atoms with Gasteiger partial charge in [-0.05, 0) is 40.0 Å². The topological polar surface area (TPSA) is 130 Å². The van der Waals surface area contributed by atoms with Gasteiger partial charge in [0.1, 0.15) is 6.10 Å². The van der Waals surface area contributed by atoms with E-state index < -0.39 is 43.1 Å². The minimum absolute atomic E-state index is 0.0302. The maximum absolute atomic E-state index is 11.5. The van der Waals surface area contributed by atoms with Crippen molar-refractivity contribution >= 4 is 30.4 Å². The van der Waals surface area contributed by atoms with Crippen LogP contribution in [0.3, 0.4) is 0 Å². The lowest BCUT2D eigenvalue weighted by atomic mass is 10.2. The summed E-state index contributed by atoms with van der Waals surface area (Å²) in [4.78, 5) is 0. The lowest BCUT2D eigenvalue weighted by molar-refractivity contribution is 0.126. The maximum Gasteiger partial charge on any atom is 0.267 e. The van der Waals surface area contributed by atoms with Gasteiger partial charge >= 0.3 is 0 Å². The highest BCUT2D eigenvalue weighted by molar-refractivity contribution is 7.87. The van der Waals surface area contributed by atoms with Crippen LogP contribution < -0.4 is 0 Å². The predicted molar refractivity (Wildman–Crippen MR) is 89.0 cm³/mol. The molecular formula is C12H26O9S3. The Hall–Kier alpha value is -0.270. The molecule has 0 fully saturated rings. The standard InChI is InChI=1S/C12H26O9S3/c1-4-22(13,14)19-10-8-7-9-12(21-24(17,18)6-3)11-20-23(15,16)5-2/h12H,4-11H2,1-3H3. The summed E-state index contributed by atoms with van der Waals surface area (Å²) in [5.41, 5.74) is 0. The molecule has 0 N–H and O–H groups in total. The lowest BCUT2D eigenvalue weighted by Gasteiger charge is -2.17. The molecule has 0 aliphatic rings. The highest BCUT2D eigenvalue weighted by atomic mass is 32.2. The molecule has 0 amide bonds. The van der Waals surface area contributed by atoms with Gasteiger partial charge in [0.15, 0.2) is 0 Å². The number of hydrogen-bond donors (Lipinski definition) is 0. The average molecular weight is 411 g/mol. The zero-order valence-electron chi connectivity index (χ0n) is 14.1. The van der Waals surface area contributed by atoms with Crippen molar-refractivity contribution in [1.29, 1.82) is 0 Å².